The molecule has 2 aromatic rings. The Kier molecular flexibility index (Phi) is 3.67. The third-order valence-electron chi connectivity index (χ3n) is 2.97. The van der Waals surface area contributed by atoms with Gasteiger partial charge in [0.25, 0.3) is 0 Å². The maximum atomic E-state index is 6.12. The molecule has 1 heterocycles. The van der Waals surface area contributed by atoms with E-state index in [2.05, 4.69) is 5.10 Å². The zero-order valence-corrected chi connectivity index (χ0v) is 11.0. The van der Waals surface area contributed by atoms with Crippen LogP contribution in [0.25, 0.3) is 0 Å². The van der Waals surface area contributed by atoms with E-state index in [1.54, 1.807) is 7.11 Å². The lowest BCUT2D eigenvalue weighted by molar-refractivity contribution is 0.385. The van der Waals surface area contributed by atoms with Crippen molar-refractivity contribution in [1.29, 1.82) is 0 Å². The van der Waals surface area contributed by atoms with E-state index in [-0.39, 0.29) is 12.1 Å². The van der Waals surface area contributed by atoms with Crippen LogP contribution in [0.1, 0.15) is 24.1 Å². The smallest absolute Gasteiger partial charge is 0.124 e. The molecule has 2 atom stereocenters. The standard InChI is InChI=1S/C14H19N3O/c1-10-8-16-17(9-10)14(11(2)15)12-6-4-5-7-13(12)18-3/h4-9,11,14H,15H2,1-3H3. The molecule has 0 aliphatic heterocycles. The first-order valence-corrected chi connectivity index (χ1v) is 6.02. The Labute approximate surface area is 107 Å². The number of aryl methyl sites for hydroxylation is 1. The molecule has 18 heavy (non-hydrogen) atoms. The van der Waals surface area contributed by atoms with E-state index in [0.717, 1.165) is 16.9 Å². The molecule has 4 heteroatoms. The molecule has 0 bridgehead atoms. The van der Waals surface area contributed by atoms with Crippen LogP contribution in [-0.4, -0.2) is 22.9 Å². The summed E-state index contributed by atoms with van der Waals surface area (Å²) in [6.45, 7) is 4.00. The van der Waals surface area contributed by atoms with Gasteiger partial charge in [-0.25, -0.2) is 0 Å². The Hall–Kier alpha value is -1.81. The first kappa shape index (κ1) is 12.6. The van der Waals surface area contributed by atoms with Gasteiger partial charge in [0.15, 0.2) is 0 Å². The summed E-state index contributed by atoms with van der Waals surface area (Å²) in [5.41, 5.74) is 8.29. The fraction of sp³-hybridized carbons (Fsp3) is 0.357. The van der Waals surface area contributed by atoms with E-state index in [4.69, 9.17) is 10.5 Å². The highest BCUT2D eigenvalue weighted by atomic mass is 16.5. The molecule has 0 amide bonds. The van der Waals surface area contributed by atoms with Crippen molar-refractivity contribution in [2.45, 2.75) is 25.9 Å². The minimum absolute atomic E-state index is 0.0187. The van der Waals surface area contributed by atoms with Gasteiger partial charge in [0.1, 0.15) is 5.75 Å². The lowest BCUT2D eigenvalue weighted by atomic mass is 10.00. The molecule has 0 fully saturated rings. The first-order chi connectivity index (χ1) is 8.63. The summed E-state index contributed by atoms with van der Waals surface area (Å²) in [6.07, 6.45) is 3.84. The number of aromatic nitrogens is 2. The number of hydrogen-bond acceptors (Lipinski definition) is 3. The maximum Gasteiger partial charge on any atom is 0.124 e. The number of nitrogens with two attached hydrogens (primary N) is 1. The Morgan fingerprint density at radius 3 is 2.61 bits per heavy atom. The molecular formula is C14H19N3O. The average Bonchev–Trinajstić information content (AvgIpc) is 2.76. The van der Waals surface area contributed by atoms with Crippen LogP contribution in [0.4, 0.5) is 0 Å². The molecule has 0 saturated heterocycles. The number of benzene rings is 1. The number of ether oxygens (including phenoxy) is 1. The van der Waals surface area contributed by atoms with Gasteiger partial charge in [-0.1, -0.05) is 18.2 Å². The van der Waals surface area contributed by atoms with Crippen LogP contribution in [0, 0.1) is 6.92 Å². The normalized spacial score (nSPS) is 14.2. The predicted molar refractivity (Wildman–Crippen MR) is 71.7 cm³/mol. The number of hydrogen-bond donors (Lipinski definition) is 1. The van der Waals surface area contributed by atoms with Gasteiger partial charge in [-0.05, 0) is 25.5 Å². The van der Waals surface area contributed by atoms with Gasteiger partial charge in [0.2, 0.25) is 0 Å². The van der Waals surface area contributed by atoms with E-state index in [0.29, 0.717) is 0 Å². The third kappa shape index (κ3) is 2.38. The van der Waals surface area contributed by atoms with E-state index < -0.39 is 0 Å². The van der Waals surface area contributed by atoms with Gasteiger partial charge in [-0.15, -0.1) is 0 Å². The van der Waals surface area contributed by atoms with Crippen molar-refractivity contribution >= 4 is 0 Å². The Morgan fingerprint density at radius 1 is 1.33 bits per heavy atom. The Balaban J connectivity index is 2.48. The lowest BCUT2D eigenvalue weighted by Crippen LogP contribution is -2.30. The second-order valence-electron chi connectivity index (χ2n) is 4.54. The average molecular weight is 245 g/mol. The van der Waals surface area contributed by atoms with Gasteiger partial charge in [-0.2, -0.15) is 5.10 Å². The van der Waals surface area contributed by atoms with Gasteiger partial charge < -0.3 is 10.5 Å². The largest absolute Gasteiger partial charge is 0.496 e. The summed E-state index contributed by atoms with van der Waals surface area (Å²) >= 11 is 0. The van der Waals surface area contributed by atoms with E-state index in [1.807, 2.05) is 55.2 Å². The van der Waals surface area contributed by atoms with Crippen molar-refractivity contribution in [2.75, 3.05) is 7.11 Å². The van der Waals surface area contributed by atoms with Crippen molar-refractivity contribution in [3.63, 3.8) is 0 Å². The predicted octanol–water partition coefficient (Wildman–Crippen LogP) is 2.14. The molecule has 0 spiro atoms. The number of rotatable bonds is 4. The van der Waals surface area contributed by atoms with Crippen molar-refractivity contribution in [1.82, 2.24) is 9.78 Å². The molecule has 2 unspecified atom stereocenters. The van der Waals surface area contributed by atoms with Gasteiger partial charge in [0, 0.05) is 17.8 Å². The summed E-state index contributed by atoms with van der Waals surface area (Å²) in [5, 5.41) is 4.37. The molecule has 4 nitrogen and oxygen atoms in total. The quantitative estimate of drug-likeness (QED) is 0.897. The van der Waals surface area contributed by atoms with Crippen molar-refractivity contribution in [2.24, 2.45) is 5.73 Å². The van der Waals surface area contributed by atoms with E-state index in [9.17, 15) is 0 Å². The SMILES string of the molecule is COc1ccccc1C(C(C)N)n1cc(C)cn1. The highest BCUT2D eigenvalue weighted by Crippen LogP contribution is 2.29. The van der Waals surface area contributed by atoms with Crippen molar-refractivity contribution < 1.29 is 4.74 Å². The molecule has 0 aliphatic carbocycles. The fourth-order valence-corrected chi connectivity index (χ4v) is 2.16. The van der Waals surface area contributed by atoms with Crippen molar-refractivity contribution in [3.05, 3.63) is 47.8 Å². The van der Waals surface area contributed by atoms with Crippen LogP contribution in [0.5, 0.6) is 5.75 Å². The van der Waals surface area contributed by atoms with Gasteiger partial charge in [-0.3, -0.25) is 4.68 Å². The third-order valence-corrected chi connectivity index (χ3v) is 2.97. The van der Waals surface area contributed by atoms with Crippen LogP contribution >= 0.6 is 0 Å². The Bertz CT molecular complexity index is 519. The van der Waals surface area contributed by atoms with E-state index in [1.165, 1.54) is 0 Å². The molecule has 1 aromatic heterocycles. The van der Waals surface area contributed by atoms with E-state index >= 15 is 0 Å². The lowest BCUT2D eigenvalue weighted by Gasteiger charge is -2.23. The molecule has 0 radical (unpaired) electrons. The Morgan fingerprint density at radius 2 is 2.06 bits per heavy atom. The maximum absolute atomic E-state index is 6.12. The van der Waals surface area contributed by atoms with Crippen LogP contribution < -0.4 is 10.5 Å². The summed E-state index contributed by atoms with van der Waals surface area (Å²) in [6, 6.07) is 7.85. The zero-order chi connectivity index (χ0) is 13.1. The van der Waals surface area contributed by atoms with Gasteiger partial charge in [0.05, 0.1) is 19.3 Å². The monoisotopic (exact) mass is 245 g/mol. The minimum atomic E-state index is -0.0550. The van der Waals surface area contributed by atoms with Crippen LogP contribution in [-0.2, 0) is 0 Å². The summed E-state index contributed by atoms with van der Waals surface area (Å²) in [5.74, 6) is 0.841. The molecule has 2 rings (SSSR count). The number of nitrogens with zero attached hydrogens (tertiary/aromatic N) is 2. The second-order valence-corrected chi connectivity index (χ2v) is 4.54. The molecule has 0 saturated carbocycles. The van der Waals surface area contributed by atoms with Crippen LogP contribution in [0.15, 0.2) is 36.7 Å². The van der Waals surface area contributed by atoms with Crippen LogP contribution in [0.3, 0.4) is 0 Å². The molecule has 2 N–H and O–H groups in total. The molecule has 1 aromatic carbocycles. The minimum Gasteiger partial charge on any atom is -0.496 e. The second kappa shape index (κ2) is 5.23. The zero-order valence-electron chi connectivity index (χ0n) is 11.0. The molecular weight excluding hydrogens is 226 g/mol. The van der Waals surface area contributed by atoms with Gasteiger partial charge >= 0.3 is 0 Å². The first-order valence-electron chi connectivity index (χ1n) is 6.02. The number of para-hydroxylation sites is 1. The molecule has 96 valence electrons. The highest BCUT2D eigenvalue weighted by molar-refractivity contribution is 5.37. The fourth-order valence-electron chi connectivity index (χ4n) is 2.16. The summed E-state index contributed by atoms with van der Waals surface area (Å²) in [4.78, 5) is 0. The molecule has 0 aliphatic rings. The highest BCUT2D eigenvalue weighted by Gasteiger charge is 2.22. The summed E-state index contributed by atoms with van der Waals surface area (Å²) in [7, 11) is 1.67. The van der Waals surface area contributed by atoms with Crippen molar-refractivity contribution in [3.8, 4) is 5.75 Å². The topological polar surface area (TPSA) is 53.1 Å². The van der Waals surface area contributed by atoms with Crippen LogP contribution in [0.2, 0.25) is 0 Å². The number of methoxy groups -OCH3 is 1. The summed E-state index contributed by atoms with van der Waals surface area (Å²) < 4.78 is 7.31.